The van der Waals surface area contributed by atoms with E-state index < -0.39 is 0 Å². The highest BCUT2D eigenvalue weighted by Gasteiger charge is 2.14. The van der Waals surface area contributed by atoms with Crippen LogP contribution in [0.15, 0.2) is 6.20 Å². The predicted octanol–water partition coefficient (Wildman–Crippen LogP) is 1.12. The van der Waals surface area contributed by atoms with Crippen LogP contribution in [-0.4, -0.2) is 31.9 Å². The summed E-state index contributed by atoms with van der Waals surface area (Å²) in [6.45, 7) is 4.70. The number of pyridine rings is 1. The molecule has 0 aliphatic rings. The summed E-state index contributed by atoms with van der Waals surface area (Å²) in [5, 5.41) is 0. The second-order valence-electron chi connectivity index (χ2n) is 4.40. The van der Waals surface area contributed by atoms with Gasteiger partial charge in [-0.1, -0.05) is 0 Å². The molecule has 0 aromatic carbocycles. The topological polar surface area (TPSA) is 69.4 Å². The molecule has 0 aliphatic heterocycles. The van der Waals surface area contributed by atoms with E-state index in [-0.39, 0.29) is 6.04 Å². The SMILES string of the molecule is COCCC(Cc1ncc(C)c(OC)c1C)NN. The summed E-state index contributed by atoms with van der Waals surface area (Å²) in [4.78, 5) is 4.47. The van der Waals surface area contributed by atoms with Crippen molar-refractivity contribution in [2.45, 2.75) is 32.7 Å². The standard InChI is InChI=1S/C13H23N3O2/c1-9-8-15-12(10(2)13(9)18-4)7-11(16-14)5-6-17-3/h8,11,16H,5-7,14H2,1-4H3. The van der Waals surface area contributed by atoms with Crippen molar-refractivity contribution in [3.8, 4) is 5.75 Å². The first-order chi connectivity index (χ1) is 8.63. The van der Waals surface area contributed by atoms with E-state index >= 15 is 0 Å². The van der Waals surface area contributed by atoms with E-state index in [0.717, 1.165) is 35.4 Å². The Hall–Kier alpha value is -1.17. The predicted molar refractivity (Wildman–Crippen MR) is 71.6 cm³/mol. The Morgan fingerprint density at radius 2 is 2.11 bits per heavy atom. The van der Waals surface area contributed by atoms with E-state index in [2.05, 4.69) is 10.4 Å². The molecule has 0 radical (unpaired) electrons. The zero-order valence-corrected chi connectivity index (χ0v) is 11.6. The molecule has 1 unspecified atom stereocenters. The lowest BCUT2D eigenvalue weighted by atomic mass is 10.0. The zero-order valence-electron chi connectivity index (χ0n) is 11.6. The summed E-state index contributed by atoms with van der Waals surface area (Å²) >= 11 is 0. The molecular weight excluding hydrogens is 230 g/mol. The van der Waals surface area contributed by atoms with Gasteiger partial charge in [-0.3, -0.25) is 16.3 Å². The molecule has 1 rings (SSSR count). The number of nitrogens with zero attached hydrogens (tertiary/aromatic N) is 1. The molecule has 0 spiro atoms. The molecule has 0 saturated carbocycles. The van der Waals surface area contributed by atoms with Gasteiger partial charge in [0.25, 0.3) is 0 Å². The summed E-state index contributed by atoms with van der Waals surface area (Å²) in [6.07, 6.45) is 3.46. The molecule has 18 heavy (non-hydrogen) atoms. The fraction of sp³-hybridized carbons (Fsp3) is 0.615. The molecular formula is C13H23N3O2. The number of nitrogens with one attached hydrogen (secondary N) is 1. The first kappa shape index (κ1) is 14.9. The van der Waals surface area contributed by atoms with Crippen molar-refractivity contribution in [3.05, 3.63) is 23.0 Å². The molecule has 0 bridgehead atoms. The quantitative estimate of drug-likeness (QED) is 0.563. The number of hydrogen-bond donors (Lipinski definition) is 2. The highest BCUT2D eigenvalue weighted by atomic mass is 16.5. The third kappa shape index (κ3) is 3.66. The Kier molecular flexibility index (Phi) is 6.04. The summed E-state index contributed by atoms with van der Waals surface area (Å²) in [6, 6.07) is 0.156. The first-order valence-electron chi connectivity index (χ1n) is 6.08. The van der Waals surface area contributed by atoms with Crippen molar-refractivity contribution >= 4 is 0 Å². The summed E-state index contributed by atoms with van der Waals surface area (Å²) in [5.41, 5.74) is 5.94. The van der Waals surface area contributed by atoms with E-state index in [9.17, 15) is 0 Å². The molecule has 0 amide bonds. The van der Waals surface area contributed by atoms with Crippen LogP contribution in [0.1, 0.15) is 23.2 Å². The largest absolute Gasteiger partial charge is 0.496 e. The summed E-state index contributed by atoms with van der Waals surface area (Å²) in [5.74, 6) is 6.45. The second-order valence-corrected chi connectivity index (χ2v) is 4.40. The molecule has 1 heterocycles. The molecule has 0 saturated heterocycles. The number of hydrogen-bond acceptors (Lipinski definition) is 5. The molecule has 0 fully saturated rings. The number of hydrazine groups is 1. The molecule has 5 heteroatoms. The third-order valence-corrected chi connectivity index (χ3v) is 3.10. The maximum atomic E-state index is 5.55. The van der Waals surface area contributed by atoms with Crippen molar-refractivity contribution in [2.24, 2.45) is 5.84 Å². The van der Waals surface area contributed by atoms with Gasteiger partial charge in [0.15, 0.2) is 0 Å². The normalized spacial score (nSPS) is 12.5. The van der Waals surface area contributed by atoms with Gasteiger partial charge in [-0.25, -0.2) is 0 Å². The highest BCUT2D eigenvalue weighted by Crippen LogP contribution is 2.24. The van der Waals surface area contributed by atoms with Gasteiger partial charge in [0.2, 0.25) is 0 Å². The van der Waals surface area contributed by atoms with E-state index in [4.69, 9.17) is 15.3 Å². The lowest BCUT2D eigenvalue weighted by Gasteiger charge is -2.18. The van der Waals surface area contributed by atoms with Crippen molar-refractivity contribution in [2.75, 3.05) is 20.8 Å². The van der Waals surface area contributed by atoms with Crippen LogP contribution in [0.25, 0.3) is 0 Å². The van der Waals surface area contributed by atoms with Crippen LogP contribution in [0.4, 0.5) is 0 Å². The van der Waals surface area contributed by atoms with Gasteiger partial charge in [0.05, 0.1) is 7.11 Å². The van der Waals surface area contributed by atoms with Crippen LogP contribution in [0.5, 0.6) is 5.75 Å². The van der Waals surface area contributed by atoms with Crippen LogP contribution in [0, 0.1) is 13.8 Å². The van der Waals surface area contributed by atoms with Crippen LogP contribution in [0.3, 0.4) is 0 Å². The summed E-state index contributed by atoms with van der Waals surface area (Å²) in [7, 11) is 3.37. The highest BCUT2D eigenvalue weighted by molar-refractivity contribution is 5.41. The lowest BCUT2D eigenvalue weighted by molar-refractivity contribution is 0.182. The van der Waals surface area contributed by atoms with E-state index in [0.29, 0.717) is 6.61 Å². The lowest BCUT2D eigenvalue weighted by Crippen LogP contribution is -2.38. The number of ether oxygens (including phenoxy) is 2. The Labute approximate surface area is 109 Å². The average molecular weight is 253 g/mol. The van der Waals surface area contributed by atoms with Crippen LogP contribution in [0.2, 0.25) is 0 Å². The Bertz CT molecular complexity index is 383. The average Bonchev–Trinajstić information content (AvgIpc) is 2.37. The van der Waals surface area contributed by atoms with Gasteiger partial charge in [0, 0.05) is 49.2 Å². The molecule has 3 N–H and O–H groups in total. The number of aromatic nitrogens is 1. The molecule has 1 atom stereocenters. The van der Waals surface area contributed by atoms with E-state index in [1.807, 2.05) is 20.0 Å². The Morgan fingerprint density at radius 1 is 1.39 bits per heavy atom. The van der Waals surface area contributed by atoms with Gasteiger partial charge in [0.1, 0.15) is 5.75 Å². The van der Waals surface area contributed by atoms with E-state index in [1.165, 1.54) is 0 Å². The van der Waals surface area contributed by atoms with Crippen molar-refractivity contribution in [1.82, 2.24) is 10.4 Å². The number of nitrogens with two attached hydrogens (primary N) is 1. The smallest absolute Gasteiger partial charge is 0.128 e. The monoisotopic (exact) mass is 253 g/mol. The van der Waals surface area contributed by atoms with Gasteiger partial charge in [-0.05, 0) is 20.3 Å². The fourth-order valence-electron chi connectivity index (χ4n) is 2.01. The van der Waals surface area contributed by atoms with Gasteiger partial charge < -0.3 is 9.47 Å². The van der Waals surface area contributed by atoms with E-state index in [1.54, 1.807) is 14.2 Å². The van der Waals surface area contributed by atoms with Gasteiger partial charge in [-0.2, -0.15) is 0 Å². The molecule has 5 nitrogen and oxygen atoms in total. The number of aryl methyl sites for hydroxylation is 1. The van der Waals surface area contributed by atoms with Crippen LogP contribution >= 0.6 is 0 Å². The molecule has 1 aromatic heterocycles. The minimum absolute atomic E-state index is 0.156. The Balaban J connectivity index is 2.83. The molecule has 1 aromatic rings. The fourth-order valence-corrected chi connectivity index (χ4v) is 2.01. The second kappa shape index (κ2) is 7.31. The minimum atomic E-state index is 0.156. The van der Waals surface area contributed by atoms with Gasteiger partial charge in [-0.15, -0.1) is 0 Å². The third-order valence-electron chi connectivity index (χ3n) is 3.10. The van der Waals surface area contributed by atoms with Crippen molar-refractivity contribution in [3.63, 3.8) is 0 Å². The number of methoxy groups -OCH3 is 2. The van der Waals surface area contributed by atoms with Crippen LogP contribution in [-0.2, 0) is 11.2 Å². The first-order valence-corrected chi connectivity index (χ1v) is 6.08. The molecule has 102 valence electrons. The molecule has 0 aliphatic carbocycles. The Morgan fingerprint density at radius 3 is 2.67 bits per heavy atom. The van der Waals surface area contributed by atoms with Crippen molar-refractivity contribution < 1.29 is 9.47 Å². The van der Waals surface area contributed by atoms with Crippen molar-refractivity contribution in [1.29, 1.82) is 0 Å². The zero-order chi connectivity index (χ0) is 13.5. The maximum absolute atomic E-state index is 5.55. The minimum Gasteiger partial charge on any atom is -0.496 e. The maximum Gasteiger partial charge on any atom is 0.128 e. The van der Waals surface area contributed by atoms with Crippen LogP contribution < -0.4 is 16.0 Å². The summed E-state index contributed by atoms with van der Waals surface area (Å²) < 4.78 is 10.5. The van der Waals surface area contributed by atoms with Gasteiger partial charge >= 0.3 is 0 Å². The number of rotatable bonds is 7.